The lowest BCUT2D eigenvalue weighted by Crippen LogP contribution is -2.45. The Morgan fingerprint density at radius 2 is 2.11 bits per heavy atom. The molecule has 0 spiro atoms. The maximum Gasteiger partial charge on any atom is 0.246 e. The summed E-state index contributed by atoms with van der Waals surface area (Å²) in [4.78, 5) is -0.300. The van der Waals surface area contributed by atoms with Crippen LogP contribution in [-0.4, -0.2) is 31.9 Å². The number of nitrogens with zero attached hydrogens (tertiary/aromatic N) is 1. The number of piperidine rings is 1. The Morgan fingerprint density at radius 3 is 2.74 bits per heavy atom. The minimum atomic E-state index is -3.80. The van der Waals surface area contributed by atoms with Gasteiger partial charge in [0.25, 0.3) is 0 Å². The number of nitrogens with two attached hydrogens (primary N) is 1. The van der Waals surface area contributed by atoms with Gasteiger partial charge in [-0.05, 0) is 40.9 Å². The second kappa shape index (κ2) is 6.49. The van der Waals surface area contributed by atoms with E-state index in [9.17, 15) is 12.8 Å². The van der Waals surface area contributed by atoms with E-state index in [4.69, 9.17) is 5.73 Å². The maximum absolute atomic E-state index is 13.9. The van der Waals surface area contributed by atoms with Gasteiger partial charge in [-0.1, -0.05) is 6.07 Å². The van der Waals surface area contributed by atoms with E-state index in [1.165, 1.54) is 22.5 Å². The lowest BCUT2D eigenvalue weighted by atomic mass is 10.1. The molecule has 1 aromatic carbocycles. The van der Waals surface area contributed by atoms with E-state index in [1.54, 1.807) is 0 Å². The molecule has 1 aliphatic rings. The Bertz CT molecular complexity index is 556. The molecule has 0 radical (unpaired) electrons. The van der Waals surface area contributed by atoms with Crippen molar-refractivity contribution in [1.82, 2.24) is 4.31 Å². The number of halogens is 3. The van der Waals surface area contributed by atoms with E-state index in [-0.39, 0.29) is 34.4 Å². The van der Waals surface area contributed by atoms with Crippen molar-refractivity contribution in [3.8, 4) is 0 Å². The average molecular weight is 374 g/mol. The number of benzene rings is 1. The molecule has 108 valence electrons. The van der Waals surface area contributed by atoms with Crippen molar-refractivity contribution in [2.45, 2.75) is 23.8 Å². The van der Waals surface area contributed by atoms with Gasteiger partial charge >= 0.3 is 0 Å². The van der Waals surface area contributed by atoms with E-state index in [2.05, 4.69) is 15.9 Å². The van der Waals surface area contributed by atoms with Gasteiger partial charge in [-0.15, -0.1) is 12.4 Å². The summed E-state index contributed by atoms with van der Waals surface area (Å²) in [6, 6.07) is 4.07. The molecule has 4 nitrogen and oxygen atoms in total. The predicted octanol–water partition coefficient (Wildman–Crippen LogP) is 2.12. The third kappa shape index (κ3) is 3.46. The highest BCUT2D eigenvalue weighted by atomic mass is 79.9. The molecule has 8 heteroatoms. The number of rotatable bonds is 2. The van der Waals surface area contributed by atoms with E-state index < -0.39 is 15.8 Å². The lowest BCUT2D eigenvalue weighted by molar-refractivity contribution is 0.315. The van der Waals surface area contributed by atoms with Gasteiger partial charge in [-0.3, -0.25) is 0 Å². The Balaban J connectivity index is 0.00000180. The highest BCUT2D eigenvalue weighted by molar-refractivity contribution is 9.10. The van der Waals surface area contributed by atoms with Crippen LogP contribution in [0, 0.1) is 5.82 Å². The van der Waals surface area contributed by atoms with Gasteiger partial charge in [0.2, 0.25) is 10.0 Å². The third-order valence-electron chi connectivity index (χ3n) is 2.95. The molecule has 0 saturated carbocycles. The van der Waals surface area contributed by atoms with Crippen LogP contribution in [0.15, 0.2) is 27.6 Å². The minimum Gasteiger partial charge on any atom is -0.327 e. The van der Waals surface area contributed by atoms with Crippen LogP contribution < -0.4 is 5.73 Å². The first-order chi connectivity index (χ1) is 8.43. The average Bonchev–Trinajstić information content (AvgIpc) is 2.32. The lowest BCUT2D eigenvalue weighted by Gasteiger charge is -2.30. The molecule has 1 saturated heterocycles. The van der Waals surface area contributed by atoms with Crippen LogP contribution in [0.2, 0.25) is 0 Å². The number of hydrogen-bond donors (Lipinski definition) is 1. The summed E-state index contributed by atoms with van der Waals surface area (Å²) in [5, 5.41) is 0. The van der Waals surface area contributed by atoms with Crippen molar-refractivity contribution in [3.63, 3.8) is 0 Å². The molecule has 1 fully saturated rings. The normalized spacial score (nSPS) is 20.9. The summed E-state index contributed by atoms with van der Waals surface area (Å²) in [7, 11) is -3.80. The van der Waals surface area contributed by atoms with E-state index in [0.29, 0.717) is 13.0 Å². The summed E-state index contributed by atoms with van der Waals surface area (Å²) in [6.07, 6.45) is 1.50. The molecule has 0 aromatic heterocycles. The van der Waals surface area contributed by atoms with Gasteiger partial charge in [-0.2, -0.15) is 4.31 Å². The van der Waals surface area contributed by atoms with Crippen LogP contribution in [0.4, 0.5) is 4.39 Å². The molecule has 2 rings (SSSR count). The fraction of sp³-hybridized carbons (Fsp3) is 0.455. The van der Waals surface area contributed by atoms with Crippen LogP contribution in [0.25, 0.3) is 0 Å². The monoisotopic (exact) mass is 372 g/mol. The van der Waals surface area contributed by atoms with Gasteiger partial charge in [0.1, 0.15) is 4.90 Å². The van der Waals surface area contributed by atoms with Gasteiger partial charge in [0.05, 0.1) is 4.47 Å². The van der Waals surface area contributed by atoms with Crippen molar-refractivity contribution in [3.05, 3.63) is 28.5 Å². The zero-order valence-corrected chi connectivity index (χ0v) is 13.3. The summed E-state index contributed by atoms with van der Waals surface area (Å²) in [5.41, 5.74) is 5.76. The summed E-state index contributed by atoms with van der Waals surface area (Å²) < 4.78 is 39.9. The summed E-state index contributed by atoms with van der Waals surface area (Å²) in [6.45, 7) is 0.635. The summed E-state index contributed by atoms with van der Waals surface area (Å²) >= 11 is 2.99. The van der Waals surface area contributed by atoms with E-state index in [0.717, 1.165) is 6.42 Å². The smallest absolute Gasteiger partial charge is 0.246 e. The van der Waals surface area contributed by atoms with E-state index in [1.807, 2.05) is 0 Å². The highest BCUT2D eigenvalue weighted by Crippen LogP contribution is 2.26. The van der Waals surface area contributed by atoms with Crippen molar-refractivity contribution in [2.75, 3.05) is 13.1 Å². The van der Waals surface area contributed by atoms with E-state index >= 15 is 0 Å². The molecule has 1 aliphatic heterocycles. The Hall–Kier alpha value is -0.210. The first-order valence-electron chi connectivity index (χ1n) is 5.62. The quantitative estimate of drug-likeness (QED) is 0.864. The standard InChI is InChI=1S/C11H14BrFN2O2S.ClH/c12-9-4-1-5-10(11(9)13)18(16,17)15-6-2-3-8(14)7-15;/h1,4-5,8H,2-3,6-7,14H2;1H. The molecule has 0 amide bonds. The molecule has 1 aromatic rings. The Morgan fingerprint density at radius 1 is 1.42 bits per heavy atom. The molecule has 1 unspecified atom stereocenters. The van der Waals surface area contributed by atoms with Gasteiger partial charge in [0.15, 0.2) is 5.82 Å². The van der Waals surface area contributed by atoms with Crippen LogP contribution >= 0.6 is 28.3 Å². The predicted molar refractivity (Wildman–Crippen MR) is 77.3 cm³/mol. The summed E-state index contributed by atoms with van der Waals surface area (Å²) in [5.74, 6) is -0.753. The topological polar surface area (TPSA) is 63.4 Å². The highest BCUT2D eigenvalue weighted by Gasteiger charge is 2.31. The zero-order valence-electron chi connectivity index (χ0n) is 10.1. The SMILES string of the molecule is Cl.NC1CCCN(S(=O)(=O)c2cccc(Br)c2F)C1. The van der Waals surface area contributed by atoms with Gasteiger partial charge < -0.3 is 5.73 Å². The van der Waals surface area contributed by atoms with Gasteiger partial charge in [-0.25, -0.2) is 12.8 Å². The second-order valence-electron chi connectivity index (χ2n) is 4.32. The Labute approximate surface area is 126 Å². The first kappa shape index (κ1) is 16.8. The molecule has 1 atom stereocenters. The zero-order chi connectivity index (χ0) is 13.3. The van der Waals surface area contributed by atoms with Crippen molar-refractivity contribution >= 4 is 38.4 Å². The Kier molecular flexibility index (Phi) is 5.76. The fourth-order valence-corrected chi connectivity index (χ4v) is 4.13. The largest absolute Gasteiger partial charge is 0.327 e. The third-order valence-corrected chi connectivity index (χ3v) is 5.45. The maximum atomic E-state index is 13.9. The van der Waals surface area contributed by atoms with Crippen LogP contribution in [0.1, 0.15) is 12.8 Å². The fourth-order valence-electron chi connectivity index (χ4n) is 2.01. The second-order valence-corrected chi connectivity index (χ2v) is 7.08. The molecule has 0 bridgehead atoms. The molecule has 1 heterocycles. The number of hydrogen-bond acceptors (Lipinski definition) is 3. The number of sulfonamides is 1. The van der Waals surface area contributed by atoms with Crippen molar-refractivity contribution in [1.29, 1.82) is 0 Å². The minimum absolute atomic E-state index is 0. The first-order valence-corrected chi connectivity index (χ1v) is 7.86. The molecule has 0 aliphatic carbocycles. The van der Waals surface area contributed by atoms with Crippen molar-refractivity contribution < 1.29 is 12.8 Å². The molecular weight excluding hydrogens is 359 g/mol. The van der Waals surface area contributed by atoms with Crippen LogP contribution in [-0.2, 0) is 10.0 Å². The van der Waals surface area contributed by atoms with Crippen LogP contribution in [0.5, 0.6) is 0 Å². The van der Waals surface area contributed by atoms with Gasteiger partial charge in [0, 0.05) is 19.1 Å². The van der Waals surface area contributed by atoms with Crippen molar-refractivity contribution in [2.24, 2.45) is 5.73 Å². The molecular formula is C11H15BrClFN2O2S. The molecule has 19 heavy (non-hydrogen) atoms. The molecule has 2 N–H and O–H groups in total. The van der Waals surface area contributed by atoms with Crippen LogP contribution in [0.3, 0.4) is 0 Å².